The Morgan fingerprint density at radius 3 is 2.50 bits per heavy atom. The van der Waals surface area contributed by atoms with E-state index in [-0.39, 0.29) is 76.0 Å². The number of carboxylic acids is 1. The summed E-state index contributed by atoms with van der Waals surface area (Å²) in [6, 6.07) is 15.6. The number of carboxylic acid groups (broad SMARTS) is 1. The number of sulfonamides is 1. The Balaban J connectivity index is 1.61. The maximum Gasteiger partial charge on any atom is 0.356 e. The standard InChI is InChI=1S/C28H24ClFN4O7S/c1-17-25(28(36)37)32-34(20-6-4-5-18(30)15-20)27(17)41-23-10-9-19(31-26(35)21-7-2-3-8-22(21)29)16-24(23)42(38,39)33-11-13-40-14-12-33/h2-10,15-16H,11-14H2,1H3,(H,31,35)(H,36,37). The minimum absolute atomic E-state index is 0.0811. The van der Waals surface area contributed by atoms with Gasteiger partial charge in [-0.25, -0.2) is 17.6 Å². The van der Waals surface area contributed by atoms with Gasteiger partial charge >= 0.3 is 5.97 Å². The van der Waals surface area contributed by atoms with Crippen molar-refractivity contribution in [1.82, 2.24) is 14.1 Å². The van der Waals surface area contributed by atoms with E-state index in [9.17, 15) is 27.5 Å². The lowest BCUT2D eigenvalue weighted by atomic mass is 10.2. The number of ether oxygens (including phenoxy) is 2. The molecule has 42 heavy (non-hydrogen) atoms. The predicted molar refractivity (Wildman–Crippen MR) is 151 cm³/mol. The Kier molecular flexibility index (Phi) is 8.27. The monoisotopic (exact) mass is 614 g/mol. The number of morpholine rings is 1. The number of carbonyl (C=O) groups excluding carboxylic acids is 1. The maximum atomic E-state index is 14.1. The molecule has 0 spiro atoms. The lowest BCUT2D eigenvalue weighted by Crippen LogP contribution is -2.40. The molecule has 218 valence electrons. The van der Waals surface area contributed by atoms with E-state index in [4.69, 9.17) is 21.1 Å². The highest BCUT2D eigenvalue weighted by Gasteiger charge is 2.32. The highest BCUT2D eigenvalue weighted by molar-refractivity contribution is 7.89. The Labute approximate surface area is 245 Å². The van der Waals surface area contributed by atoms with Crippen molar-refractivity contribution in [3.63, 3.8) is 0 Å². The van der Waals surface area contributed by atoms with Gasteiger partial charge in [0.05, 0.1) is 29.5 Å². The molecule has 0 atom stereocenters. The van der Waals surface area contributed by atoms with Gasteiger partial charge in [0.15, 0.2) is 5.69 Å². The van der Waals surface area contributed by atoms with Gasteiger partial charge in [-0.1, -0.05) is 29.8 Å². The topological polar surface area (TPSA) is 140 Å². The van der Waals surface area contributed by atoms with Crippen molar-refractivity contribution in [1.29, 1.82) is 0 Å². The van der Waals surface area contributed by atoms with Gasteiger partial charge in [-0.2, -0.15) is 14.1 Å². The molecule has 1 amide bonds. The first-order valence-corrected chi connectivity index (χ1v) is 14.4. The van der Waals surface area contributed by atoms with Crippen molar-refractivity contribution in [2.24, 2.45) is 0 Å². The second-order valence-corrected chi connectivity index (χ2v) is 11.5. The summed E-state index contributed by atoms with van der Waals surface area (Å²) in [5, 5.41) is 16.6. The van der Waals surface area contributed by atoms with Crippen LogP contribution in [-0.4, -0.2) is 65.8 Å². The molecule has 14 heteroatoms. The number of hydrogen-bond acceptors (Lipinski definition) is 7. The third kappa shape index (κ3) is 5.85. The van der Waals surface area contributed by atoms with Crippen LogP contribution in [0.5, 0.6) is 11.6 Å². The summed E-state index contributed by atoms with van der Waals surface area (Å²) in [5.74, 6) is -2.82. The molecular formula is C28H24ClFN4O7S. The first-order valence-electron chi connectivity index (χ1n) is 12.6. The molecule has 4 aromatic rings. The number of halogens is 2. The second-order valence-electron chi connectivity index (χ2n) is 9.19. The highest BCUT2D eigenvalue weighted by Crippen LogP contribution is 2.37. The summed E-state index contributed by atoms with van der Waals surface area (Å²) >= 11 is 6.15. The second kappa shape index (κ2) is 11.9. The third-order valence-corrected chi connectivity index (χ3v) is 8.69. The number of rotatable bonds is 8. The van der Waals surface area contributed by atoms with Crippen LogP contribution in [0.25, 0.3) is 5.69 Å². The smallest absolute Gasteiger partial charge is 0.356 e. The first-order chi connectivity index (χ1) is 20.1. The van der Waals surface area contributed by atoms with E-state index in [0.29, 0.717) is 0 Å². The quantitative estimate of drug-likeness (QED) is 0.290. The lowest BCUT2D eigenvalue weighted by Gasteiger charge is -2.27. The maximum absolute atomic E-state index is 14.1. The minimum Gasteiger partial charge on any atom is -0.476 e. The van der Waals surface area contributed by atoms with Gasteiger partial charge in [0.1, 0.15) is 16.5 Å². The van der Waals surface area contributed by atoms with Gasteiger partial charge in [-0.05, 0) is 55.5 Å². The molecule has 0 aliphatic carbocycles. The highest BCUT2D eigenvalue weighted by atomic mass is 35.5. The number of nitrogens with one attached hydrogen (secondary N) is 1. The van der Waals surface area contributed by atoms with Gasteiger partial charge < -0.3 is 19.9 Å². The van der Waals surface area contributed by atoms with Crippen LogP contribution in [0.15, 0.2) is 71.6 Å². The summed E-state index contributed by atoms with van der Waals surface area (Å²) < 4.78 is 55.4. The van der Waals surface area contributed by atoms with E-state index in [2.05, 4.69) is 10.4 Å². The molecule has 1 saturated heterocycles. The van der Waals surface area contributed by atoms with E-state index < -0.39 is 27.7 Å². The SMILES string of the molecule is Cc1c(C(=O)O)nn(-c2cccc(F)c2)c1Oc1ccc(NC(=O)c2ccccc2Cl)cc1S(=O)(=O)N1CCOCC1. The molecule has 3 aromatic carbocycles. The average molecular weight is 615 g/mol. The molecule has 0 bridgehead atoms. The molecule has 2 N–H and O–H groups in total. The van der Waals surface area contributed by atoms with Crippen LogP contribution >= 0.6 is 11.6 Å². The fraction of sp³-hybridized carbons (Fsp3) is 0.179. The van der Waals surface area contributed by atoms with E-state index in [1.54, 1.807) is 18.2 Å². The summed E-state index contributed by atoms with van der Waals surface area (Å²) in [6.45, 7) is 1.98. The molecular weight excluding hydrogens is 591 g/mol. The van der Waals surface area contributed by atoms with Crippen LogP contribution in [0.4, 0.5) is 10.1 Å². The number of nitrogens with zero attached hydrogens (tertiary/aromatic N) is 3. The Morgan fingerprint density at radius 1 is 1.07 bits per heavy atom. The van der Waals surface area contributed by atoms with Gasteiger partial charge in [-0.3, -0.25) is 4.79 Å². The van der Waals surface area contributed by atoms with E-state index >= 15 is 0 Å². The first kappa shape index (κ1) is 29.2. The number of anilines is 1. The zero-order chi connectivity index (χ0) is 30.0. The van der Waals surface area contributed by atoms with Crippen molar-refractivity contribution in [2.45, 2.75) is 11.8 Å². The molecule has 0 unspecified atom stereocenters. The van der Waals surface area contributed by atoms with Crippen molar-refractivity contribution < 1.29 is 37.0 Å². The predicted octanol–water partition coefficient (Wildman–Crippen LogP) is 4.74. The number of benzene rings is 3. The van der Waals surface area contributed by atoms with Gasteiger partial charge in [0, 0.05) is 24.3 Å². The van der Waals surface area contributed by atoms with E-state index in [1.807, 2.05) is 0 Å². The number of carbonyl (C=O) groups is 2. The van der Waals surface area contributed by atoms with Crippen molar-refractivity contribution in [3.05, 3.63) is 94.4 Å². The van der Waals surface area contributed by atoms with E-state index in [0.717, 1.165) is 10.7 Å². The lowest BCUT2D eigenvalue weighted by molar-refractivity contribution is 0.0689. The largest absolute Gasteiger partial charge is 0.476 e. The van der Waals surface area contributed by atoms with Crippen LogP contribution in [0.3, 0.4) is 0 Å². The molecule has 0 radical (unpaired) electrons. The van der Waals surface area contributed by atoms with Crippen molar-refractivity contribution in [3.8, 4) is 17.3 Å². The normalized spacial score (nSPS) is 14.0. The van der Waals surface area contributed by atoms with Gasteiger partial charge in [-0.15, -0.1) is 0 Å². The fourth-order valence-electron chi connectivity index (χ4n) is 4.33. The van der Waals surface area contributed by atoms with Crippen LogP contribution in [0.1, 0.15) is 26.4 Å². The van der Waals surface area contributed by atoms with Crippen molar-refractivity contribution in [2.75, 3.05) is 31.6 Å². The third-order valence-electron chi connectivity index (χ3n) is 6.44. The summed E-state index contributed by atoms with van der Waals surface area (Å²) in [4.78, 5) is 24.5. The number of aromatic carboxylic acids is 1. The number of hydrogen-bond donors (Lipinski definition) is 2. The zero-order valence-electron chi connectivity index (χ0n) is 22.1. The van der Waals surface area contributed by atoms with Gasteiger partial charge in [0.25, 0.3) is 5.91 Å². The zero-order valence-corrected chi connectivity index (χ0v) is 23.7. The average Bonchev–Trinajstić information content (AvgIpc) is 3.30. The Morgan fingerprint density at radius 2 is 1.81 bits per heavy atom. The molecule has 0 saturated carbocycles. The summed E-state index contributed by atoms with van der Waals surface area (Å²) in [7, 11) is -4.21. The summed E-state index contributed by atoms with van der Waals surface area (Å²) in [5.41, 5.74) is 0.198. The van der Waals surface area contributed by atoms with Crippen LogP contribution in [0.2, 0.25) is 5.02 Å². The van der Waals surface area contributed by atoms with Crippen molar-refractivity contribution >= 4 is 39.2 Å². The molecule has 1 aliphatic rings. The molecule has 1 aliphatic heterocycles. The van der Waals surface area contributed by atoms with Gasteiger partial charge in [0.2, 0.25) is 15.9 Å². The van der Waals surface area contributed by atoms with Crippen LogP contribution in [0, 0.1) is 12.7 Å². The number of aromatic nitrogens is 2. The molecule has 11 nitrogen and oxygen atoms in total. The number of amides is 1. The minimum atomic E-state index is -4.21. The molecule has 1 fully saturated rings. The van der Waals surface area contributed by atoms with Crippen LogP contribution < -0.4 is 10.1 Å². The fourth-order valence-corrected chi connectivity index (χ4v) is 6.10. The van der Waals surface area contributed by atoms with E-state index in [1.165, 1.54) is 53.7 Å². The Bertz CT molecular complexity index is 1790. The molecule has 1 aromatic heterocycles. The Hall–Kier alpha value is -4.30. The summed E-state index contributed by atoms with van der Waals surface area (Å²) in [6.07, 6.45) is 0. The van der Waals surface area contributed by atoms with Crippen LogP contribution in [-0.2, 0) is 14.8 Å². The molecule has 5 rings (SSSR count). The molecule has 2 heterocycles.